The number of morpholine rings is 1. The number of nitrogens with one attached hydrogen (secondary N) is 1. The summed E-state index contributed by atoms with van der Waals surface area (Å²) in [6.45, 7) is 6.57. The van der Waals surface area contributed by atoms with Crippen molar-refractivity contribution >= 4 is 17.8 Å². The third-order valence-corrected chi connectivity index (χ3v) is 4.58. The molecule has 2 aromatic carbocycles. The Morgan fingerprint density at radius 2 is 2.00 bits per heavy atom. The van der Waals surface area contributed by atoms with E-state index in [0.717, 1.165) is 16.7 Å². The van der Waals surface area contributed by atoms with E-state index in [1.165, 1.54) is 12.3 Å². The van der Waals surface area contributed by atoms with Gasteiger partial charge in [-0.2, -0.15) is 5.10 Å². The van der Waals surface area contributed by atoms with E-state index in [0.29, 0.717) is 37.6 Å². The number of rotatable bonds is 5. The molecule has 1 saturated heterocycles. The predicted octanol–water partition coefficient (Wildman–Crippen LogP) is 2.97. The number of amides is 1. The molecular weight excluding hydrogens is 345 g/mol. The van der Waals surface area contributed by atoms with Crippen LogP contribution in [-0.4, -0.2) is 38.4 Å². The van der Waals surface area contributed by atoms with Crippen LogP contribution in [0.2, 0.25) is 0 Å². The third-order valence-electron chi connectivity index (χ3n) is 4.58. The van der Waals surface area contributed by atoms with Crippen LogP contribution in [0.1, 0.15) is 22.3 Å². The van der Waals surface area contributed by atoms with Gasteiger partial charge in [-0.05, 0) is 42.7 Å². The van der Waals surface area contributed by atoms with Gasteiger partial charge in [0.1, 0.15) is 5.82 Å². The number of benzene rings is 2. The number of halogens is 1. The highest BCUT2D eigenvalue weighted by Gasteiger charge is 2.15. The van der Waals surface area contributed by atoms with Gasteiger partial charge in [0.25, 0.3) is 0 Å². The number of ether oxygens (including phenoxy) is 1. The molecule has 0 spiro atoms. The lowest BCUT2D eigenvalue weighted by molar-refractivity contribution is -0.120. The van der Waals surface area contributed by atoms with Crippen molar-refractivity contribution < 1.29 is 13.9 Å². The molecule has 1 aliphatic rings. The first-order chi connectivity index (χ1) is 13.0. The van der Waals surface area contributed by atoms with Gasteiger partial charge in [0.15, 0.2) is 0 Å². The van der Waals surface area contributed by atoms with Gasteiger partial charge in [0, 0.05) is 13.1 Å². The Balaban J connectivity index is 1.57. The van der Waals surface area contributed by atoms with Gasteiger partial charge in [-0.1, -0.05) is 29.8 Å². The van der Waals surface area contributed by atoms with Crippen LogP contribution in [0.3, 0.4) is 0 Å². The van der Waals surface area contributed by atoms with Gasteiger partial charge in [0.2, 0.25) is 5.91 Å². The Morgan fingerprint density at radius 1 is 1.22 bits per heavy atom. The number of nitrogens with zero attached hydrogens (tertiary/aromatic N) is 2. The molecule has 2 aromatic rings. The first-order valence-electron chi connectivity index (χ1n) is 9.03. The zero-order valence-corrected chi connectivity index (χ0v) is 15.7. The van der Waals surface area contributed by atoms with Crippen molar-refractivity contribution in [2.45, 2.75) is 20.3 Å². The van der Waals surface area contributed by atoms with Gasteiger partial charge < -0.3 is 9.64 Å². The summed E-state index contributed by atoms with van der Waals surface area (Å²) in [4.78, 5) is 14.0. The van der Waals surface area contributed by atoms with Crippen molar-refractivity contribution in [3.8, 4) is 0 Å². The molecule has 1 amide bonds. The molecular formula is C21H24FN3O2. The first-order valence-corrected chi connectivity index (χ1v) is 9.03. The molecule has 0 bridgehead atoms. The van der Waals surface area contributed by atoms with E-state index in [1.54, 1.807) is 12.1 Å². The molecule has 5 nitrogen and oxygen atoms in total. The molecule has 1 heterocycles. The Morgan fingerprint density at radius 3 is 2.70 bits per heavy atom. The molecule has 0 atom stereocenters. The molecule has 0 aliphatic carbocycles. The SMILES string of the molecule is Cc1ccc(CC(=O)N/N=C/c2ccc(N3CCOCC3)c(F)c2)c(C)c1. The molecule has 1 fully saturated rings. The Kier molecular flexibility index (Phi) is 6.19. The third kappa shape index (κ3) is 5.14. The minimum atomic E-state index is -0.303. The van der Waals surface area contributed by atoms with Gasteiger partial charge in [0.05, 0.1) is 31.5 Å². The standard InChI is InChI=1S/C21H24FN3O2/c1-15-3-5-18(16(2)11-15)13-21(26)24-23-14-17-4-6-20(19(22)12-17)25-7-9-27-10-8-25/h3-6,11-12,14H,7-10,13H2,1-2H3,(H,24,26)/b23-14+. The van der Waals surface area contributed by atoms with E-state index in [-0.39, 0.29) is 18.1 Å². The van der Waals surface area contributed by atoms with Crippen molar-refractivity contribution in [2.75, 3.05) is 31.2 Å². The minimum absolute atomic E-state index is 0.205. The summed E-state index contributed by atoms with van der Waals surface area (Å²) in [6, 6.07) is 10.9. The fourth-order valence-electron chi connectivity index (χ4n) is 3.10. The van der Waals surface area contributed by atoms with Crippen LogP contribution >= 0.6 is 0 Å². The quantitative estimate of drug-likeness (QED) is 0.651. The number of anilines is 1. The maximum absolute atomic E-state index is 14.4. The number of aryl methyl sites for hydroxylation is 2. The average Bonchev–Trinajstić information content (AvgIpc) is 2.65. The topological polar surface area (TPSA) is 53.9 Å². The van der Waals surface area contributed by atoms with Crippen LogP contribution in [0.4, 0.5) is 10.1 Å². The number of carbonyl (C=O) groups excluding carboxylic acids is 1. The number of carbonyl (C=O) groups is 1. The second-order valence-electron chi connectivity index (χ2n) is 6.71. The van der Waals surface area contributed by atoms with Gasteiger partial charge in [-0.25, -0.2) is 9.82 Å². The fraction of sp³-hybridized carbons (Fsp3) is 0.333. The van der Waals surface area contributed by atoms with E-state index in [1.807, 2.05) is 36.9 Å². The zero-order valence-electron chi connectivity index (χ0n) is 15.7. The summed E-state index contributed by atoms with van der Waals surface area (Å²) < 4.78 is 19.6. The maximum atomic E-state index is 14.4. The molecule has 0 radical (unpaired) electrons. The van der Waals surface area contributed by atoms with Crippen molar-refractivity contribution in [3.05, 3.63) is 64.5 Å². The minimum Gasteiger partial charge on any atom is -0.378 e. The van der Waals surface area contributed by atoms with E-state index < -0.39 is 0 Å². The van der Waals surface area contributed by atoms with E-state index in [9.17, 15) is 9.18 Å². The van der Waals surface area contributed by atoms with Crippen LogP contribution in [-0.2, 0) is 16.0 Å². The summed E-state index contributed by atoms with van der Waals surface area (Å²) in [7, 11) is 0. The van der Waals surface area contributed by atoms with Gasteiger partial charge in [-0.3, -0.25) is 4.79 Å². The summed E-state index contributed by atoms with van der Waals surface area (Å²) in [5.74, 6) is -0.508. The second kappa shape index (κ2) is 8.77. The Labute approximate surface area is 158 Å². The monoisotopic (exact) mass is 369 g/mol. The molecule has 1 aliphatic heterocycles. The van der Waals surface area contributed by atoms with E-state index in [4.69, 9.17) is 4.74 Å². The Bertz CT molecular complexity index is 845. The van der Waals surface area contributed by atoms with E-state index >= 15 is 0 Å². The summed E-state index contributed by atoms with van der Waals surface area (Å²) in [6.07, 6.45) is 1.71. The highest BCUT2D eigenvalue weighted by atomic mass is 19.1. The van der Waals surface area contributed by atoms with Crippen LogP contribution in [0.15, 0.2) is 41.5 Å². The van der Waals surface area contributed by atoms with Crippen LogP contribution in [0.5, 0.6) is 0 Å². The van der Waals surface area contributed by atoms with Gasteiger partial charge >= 0.3 is 0 Å². The second-order valence-corrected chi connectivity index (χ2v) is 6.71. The molecule has 142 valence electrons. The molecule has 27 heavy (non-hydrogen) atoms. The number of hydrogen-bond donors (Lipinski definition) is 1. The summed E-state index contributed by atoms with van der Waals surface area (Å²) in [5.41, 5.74) is 6.87. The lowest BCUT2D eigenvalue weighted by atomic mass is 10.0. The molecule has 0 unspecified atom stereocenters. The van der Waals surface area contributed by atoms with Crippen LogP contribution < -0.4 is 10.3 Å². The first kappa shape index (κ1) is 19.0. The van der Waals surface area contributed by atoms with Crippen LogP contribution in [0, 0.1) is 19.7 Å². The molecule has 1 N–H and O–H groups in total. The molecule has 6 heteroatoms. The highest BCUT2D eigenvalue weighted by Crippen LogP contribution is 2.21. The van der Waals surface area contributed by atoms with Crippen molar-refractivity contribution in [2.24, 2.45) is 5.10 Å². The smallest absolute Gasteiger partial charge is 0.244 e. The fourth-order valence-corrected chi connectivity index (χ4v) is 3.10. The van der Waals surface area contributed by atoms with Crippen molar-refractivity contribution in [1.29, 1.82) is 0 Å². The lowest BCUT2D eigenvalue weighted by Gasteiger charge is -2.29. The average molecular weight is 369 g/mol. The van der Waals surface area contributed by atoms with Crippen molar-refractivity contribution in [1.82, 2.24) is 5.43 Å². The lowest BCUT2D eigenvalue weighted by Crippen LogP contribution is -2.36. The van der Waals surface area contributed by atoms with Crippen LogP contribution in [0.25, 0.3) is 0 Å². The summed E-state index contributed by atoms with van der Waals surface area (Å²) >= 11 is 0. The summed E-state index contributed by atoms with van der Waals surface area (Å²) in [5, 5.41) is 3.94. The largest absolute Gasteiger partial charge is 0.378 e. The van der Waals surface area contributed by atoms with Crippen molar-refractivity contribution in [3.63, 3.8) is 0 Å². The highest BCUT2D eigenvalue weighted by molar-refractivity contribution is 5.84. The van der Waals surface area contributed by atoms with E-state index in [2.05, 4.69) is 10.5 Å². The molecule has 3 rings (SSSR count). The van der Waals surface area contributed by atoms with Gasteiger partial charge in [-0.15, -0.1) is 0 Å². The molecule has 0 aromatic heterocycles. The number of hydrazone groups is 1. The Hall–Kier alpha value is -2.73. The molecule has 0 saturated carbocycles. The number of hydrogen-bond acceptors (Lipinski definition) is 4. The predicted molar refractivity (Wildman–Crippen MR) is 105 cm³/mol. The normalized spacial score (nSPS) is 14.6. The zero-order chi connectivity index (χ0) is 19.2. The maximum Gasteiger partial charge on any atom is 0.244 e.